The van der Waals surface area contributed by atoms with Gasteiger partial charge in [0.25, 0.3) is 0 Å². The average molecular weight is 437 g/mol. The van der Waals surface area contributed by atoms with E-state index >= 15 is 0 Å². The number of urea groups is 1. The van der Waals surface area contributed by atoms with E-state index in [0.29, 0.717) is 17.2 Å². The highest BCUT2D eigenvalue weighted by Gasteiger charge is 2.41. The minimum absolute atomic E-state index is 0.167. The Hall–Kier alpha value is -1.49. The van der Waals surface area contributed by atoms with Crippen molar-refractivity contribution in [2.24, 2.45) is 0 Å². The third kappa shape index (κ3) is 4.56. The maximum absolute atomic E-state index is 12.1. The van der Waals surface area contributed by atoms with E-state index in [4.69, 9.17) is 9.47 Å². The molecule has 4 fully saturated rings. The predicted molar refractivity (Wildman–Crippen MR) is 115 cm³/mol. The Morgan fingerprint density at radius 1 is 1.00 bits per heavy atom. The molecular weight excluding hydrogens is 404 g/mol. The van der Waals surface area contributed by atoms with Gasteiger partial charge in [-0.25, -0.2) is 4.79 Å². The molecule has 1 aromatic rings. The van der Waals surface area contributed by atoms with E-state index in [1.807, 2.05) is 0 Å². The highest BCUT2D eigenvalue weighted by Crippen LogP contribution is 2.37. The topological polar surface area (TPSA) is 91.9 Å². The number of rotatable bonds is 4. The fraction of sp³-hybridized carbons (Fsp3) is 0.850. The summed E-state index contributed by atoms with van der Waals surface area (Å²) in [5, 5.41) is 15.8. The van der Waals surface area contributed by atoms with Crippen LogP contribution in [0.5, 0.6) is 0 Å². The molecule has 2 aliphatic carbocycles. The van der Waals surface area contributed by atoms with Gasteiger partial charge < -0.3 is 19.7 Å². The van der Waals surface area contributed by atoms with Crippen molar-refractivity contribution in [1.82, 2.24) is 20.4 Å². The van der Waals surface area contributed by atoms with Gasteiger partial charge in [0, 0.05) is 51.1 Å². The zero-order chi connectivity index (χ0) is 20.4. The van der Waals surface area contributed by atoms with Gasteiger partial charge >= 0.3 is 6.03 Å². The smallest absolute Gasteiger partial charge is 0.321 e. The highest BCUT2D eigenvalue weighted by molar-refractivity contribution is 7.19. The standard InChI is InChI=1S/C20H32N6O3S/c27-17(21-15-3-1-2-4-15)22-18-23-24-19(30-18)26-11-9-25(10-12-26)16-5-7-20(8-6-16)28-13-14-29-20/h15-16H,1-14H2,(H2,21,22,23,27). The number of aromatic nitrogens is 2. The molecule has 3 heterocycles. The number of hydrogen-bond acceptors (Lipinski definition) is 8. The van der Waals surface area contributed by atoms with E-state index in [-0.39, 0.29) is 11.8 Å². The minimum Gasteiger partial charge on any atom is -0.348 e. The molecule has 2 saturated carbocycles. The van der Waals surface area contributed by atoms with Crippen molar-refractivity contribution in [2.75, 3.05) is 49.6 Å². The van der Waals surface area contributed by atoms with Crippen LogP contribution in [0.25, 0.3) is 0 Å². The van der Waals surface area contributed by atoms with Crippen LogP contribution in [0.15, 0.2) is 0 Å². The third-order valence-corrected chi connectivity index (χ3v) is 7.86. The molecule has 2 saturated heterocycles. The van der Waals surface area contributed by atoms with Crippen molar-refractivity contribution in [1.29, 1.82) is 0 Å². The Morgan fingerprint density at radius 3 is 2.40 bits per heavy atom. The number of amides is 2. The van der Waals surface area contributed by atoms with Crippen LogP contribution in [0.2, 0.25) is 0 Å². The van der Waals surface area contributed by atoms with Gasteiger partial charge in [-0.3, -0.25) is 10.2 Å². The first-order chi connectivity index (χ1) is 14.7. The number of ether oxygens (including phenoxy) is 2. The van der Waals surface area contributed by atoms with Crippen LogP contribution >= 0.6 is 11.3 Å². The Balaban J connectivity index is 1.07. The normalized spacial score (nSPS) is 25.8. The molecule has 4 aliphatic rings. The summed E-state index contributed by atoms with van der Waals surface area (Å²) in [4.78, 5) is 17.0. The molecule has 1 spiro atoms. The number of carbonyl (C=O) groups is 1. The van der Waals surface area contributed by atoms with Gasteiger partial charge in [0.05, 0.1) is 13.2 Å². The second kappa shape index (κ2) is 8.94. The molecule has 10 heteroatoms. The van der Waals surface area contributed by atoms with Crippen molar-refractivity contribution >= 4 is 27.6 Å². The van der Waals surface area contributed by atoms with Gasteiger partial charge in [0.2, 0.25) is 10.3 Å². The SMILES string of the molecule is O=C(Nc1nnc(N2CCN(C3CCC4(CC3)OCCO4)CC2)s1)NC1CCCC1. The summed E-state index contributed by atoms with van der Waals surface area (Å²) in [6.07, 6.45) is 8.83. The summed E-state index contributed by atoms with van der Waals surface area (Å²) in [6.45, 7) is 5.43. The zero-order valence-electron chi connectivity index (χ0n) is 17.5. The summed E-state index contributed by atoms with van der Waals surface area (Å²) < 4.78 is 11.7. The van der Waals surface area contributed by atoms with E-state index < -0.39 is 0 Å². The molecule has 0 radical (unpaired) electrons. The maximum Gasteiger partial charge on any atom is 0.321 e. The lowest BCUT2D eigenvalue weighted by Gasteiger charge is -2.43. The largest absolute Gasteiger partial charge is 0.348 e. The maximum atomic E-state index is 12.1. The van der Waals surface area contributed by atoms with Crippen LogP contribution in [0.1, 0.15) is 51.4 Å². The first-order valence-corrected chi connectivity index (χ1v) is 12.2. The Bertz CT molecular complexity index is 716. The molecule has 1 aromatic heterocycles. The second-order valence-electron chi connectivity index (χ2n) is 8.83. The summed E-state index contributed by atoms with van der Waals surface area (Å²) in [5.41, 5.74) is 0. The number of nitrogens with one attached hydrogen (secondary N) is 2. The molecule has 5 rings (SSSR count). The van der Waals surface area contributed by atoms with Gasteiger partial charge in [-0.2, -0.15) is 0 Å². The molecular formula is C20H32N6O3S. The van der Waals surface area contributed by atoms with Gasteiger partial charge in [-0.1, -0.05) is 24.2 Å². The van der Waals surface area contributed by atoms with Crippen LogP contribution in [-0.4, -0.2) is 78.4 Å². The number of carbonyl (C=O) groups excluding carboxylic acids is 1. The molecule has 2 amide bonds. The summed E-state index contributed by atoms with van der Waals surface area (Å²) in [5.74, 6) is -0.279. The quantitative estimate of drug-likeness (QED) is 0.749. The minimum atomic E-state index is -0.279. The lowest BCUT2D eigenvalue weighted by atomic mass is 9.89. The number of nitrogens with zero attached hydrogens (tertiary/aromatic N) is 4. The van der Waals surface area contributed by atoms with Crippen LogP contribution in [0.3, 0.4) is 0 Å². The van der Waals surface area contributed by atoms with Gasteiger partial charge in [-0.15, -0.1) is 10.2 Å². The Labute approximate surface area is 181 Å². The predicted octanol–water partition coefficient (Wildman–Crippen LogP) is 2.41. The van der Waals surface area contributed by atoms with Crippen molar-refractivity contribution in [3.8, 4) is 0 Å². The molecule has 0 unspecified atom stereocenters. The number of piperazine rings is 1. The van der Waals surface area contributed by atoms with Crippen molar-refractivity contribution < 1.29 is 14.3 Å². The van der Waals surface area contributed by atoms with Crippen molar-refractivity contribution in [3.05, 3.63) is 0 Å². The molecule has 0 aromatic carbocycles. The first kappa shape index (κ1) is 20.4. The lowest BCUT2D eigenvalue weighted by molar-refractivity contribution is -0.184. The summed E-state index contributed by atoms with van der Waals surface area (Å²) in [7, 11) is 0. The van der Waals surface area contributed by atoms with Crippen LogP contribution in [0.4, 0.5) is 15.1 Å². The highest BCUT2D eigenvalue weighted by atomic mass is 32.1. The average Bonchev–Trinajstić information content (AvgIpc) is 3.52. The number of anilines is 2. The van der Waals surface area contributed by atoms with E-state index in [1.54, 1.807) is 0 Å². The molecule has 0 atom stereocenters. The second-order valence-corrected chi connectivity index (χ2v) is 9.79. The van der Waals surface area contributed by atoms with E-state index in [0.717, 1.165) is 83.0 Å². The molecule has 166 valence electrons. The van der Waals surface area contributed by atoms with Crippen molar-refractivity contribution in [3.63, 3.8) is 0 Å². The molecule has 2 aliphatic heterocycles. The molecule has 30 heavy (non-hydrogen) atoms. The van der Waals surface area contributed by atoms with Gasteiger partial charge in [0.15, 0.2) is 5.79 Å². The zero-order valence-corrected chi connectivity index (χ0v) is 18.3. The molecule has 2 N–H and O–H groups in total. The lowest BCUT2D eigenvalue weighted by Crippen LogP contribution is -2.52. The Kier molecular flexibility index (Phi) is 6.08. The molecule has 9 nitrogen and oxygen atoms in total. The third-order valence-electron chi connectivity index (χ3n) is 6.96. The first-order valence-electron chi connectivity index (χ1n) is 11.4. The number of hydrogen-bond donors (Lipinski definition) is 2. The molecule has 0 bridgehead atoms. The summed E-state index contributed by atoms with van der Waals surface area (Å²) in [6, 6.07) is 0.753. The summed E-state index contributed by atoms with van der Waals surface area (Å²) >= 11 is 1.46. The van der Waals surface area contributed by atoms with Crippen LogP contribution in [0, 0.1) is 0 Å². The monoisotopic (exact) mass is 436 g/mol. The van der Waals surface area contributed by atoms with Crippen molar-refractivity contribution in [2.45, 2.75) is 69.2 Å². The van der Waals surface area contributed by atoms with Gasteiger partial charge in [0.1, 0.15) is 0 Å². The fourth-order valence-electron chi connectivity index (χ4n) is 5.25. The Morgan fingerprint density at radius 2 is 1.70 bits per heavy atom. The fourth-order valence-corrected chi connectivity index (χ4v) is 6.05. The van der Waals surface area contributed by atoms with Crippen LogP contribution < -0.4 is 15.5 Å². The van der Waals surface area contributed by atoms with Gasteiger partial charge in [-0.05, 0) is 25.7 Å². The van der Waals surface area contributed by atoms with E-state index in [1.165, 1.54) is 24.2 Å². The van der Waals surface area contributed by atoms with E-state index in [2.05, 4.69) is 30.6 Å². The van der Waals surface area contributed by atoms with Crippen LogP contribution in [-0.2, 0) is 9.47 Å². The van der Waals surface area contributed by atoms with E-state index in [9.17, 15) is 4.79 Å².